The second kappa shape index (κ2) is 12.1. The molecule has 17 heavy (non-hydrogen) atoms. The third-order valence-corrected chi connectivity index (χ3v) is 3.35. The number of hydrogen-bond acceptors (Lipinski definition) is 2. The molecule has 2 nitrogen and oxygen atoms in total. The molecule has 0 heterocycles. The van der Waals surface area contributed by atoms with Gasteiger partial charge in [0.25, 0.3) is 0 Å². The Kier molecular flexibility index (Phi) is 11.8. The van der Waals surface area contributed by atoms with Crippen LogP contribution in [0.4, 0.5) is 0 Å². The molecule has 0 amide bonds. The van der Waals surface area contributed by atoms with Gasteiger partial charge in [0, 0.05) is 0 Å². The molecule has 0 radical (unpaired) electrons. The van der Waals surface area contributed by atoms with Crippen LogP contribution in [0, 0.1) is 5.92 Å². The Hall–Kier alpha value is -0.370. The topological polar surface area (TPSA) is 29.1 Å². The van der Waals surface area contributed by atoms with Crippen LogP contribution < -0.4 is 5.32 Å². The van der Waals surface area contributed by atoms with Crippen molar-refractivity contribution in [1.82, 2.24) is 5.32 Å². The van der Waals surface area contributed by atoms with Gasteiger partial charge < -0.3 is 5.32 Å². The molecule has 0 aliphatic rings. The van der Waals surface area contributed by atoms with Crippen LogP contribution >= 0.6 is 0 Å². The average Bonchev–Trinajstić information content (AvgIpc) is 2.30. The van der Waals surface area contributed by atoms with E-state index in [2.05, 4.69) is 19.2 Å². The summed E-state index contributed by atoms with van der Waals surface area (Å²) in [7, 11) is 0. The number of carbonyl (C=O) groups is 1. The summed E-state index contributed by atoms with van der Waals surface area (Å²) < 4.78 is 0. The summed E-state index contributed by atoms with van der Waals surface area (Å²) >= 11 is 0. The lowest BCUT2D eigenvalue weighted by atomic mass is 9.98. The summed E-state index contributed by atoms with van der Waals surface area (Å²) in [5.74, 6) is 0.986. The first-order chi connectivity index (χ1) is 8.20. The lowest BCUT2D eigenvalue weighted by Gasteiger charge is -2.15. The highest BCUT2D eigenvalue weighted by Crippen LogP contribution is 2.14. The number of hydrogen-bond donors (Lipinski definition) is 1. The van der Waals surface area contributed by atoms with E-state index >= 15 is 0 Å². The molecule has 0 bridgehead atoms. The zero-order chi connectivity index (χ0) is 12.9. The standard InChI is InChI=1S/C15H31NO/c1-4-6-7-8-9-10-11-15(5-2)13-16-12-14(3)17/h15-16H,4-13H2,1-3H3. The molecule has 102 valence electrons. The number of ketones is 1. The maximum atomic E-state index is 10.8. The van der Waals surface area contributed by atoms with Crippen molar-refractivity contribution in [2.45, 2.75) is 72.1 Å². The second-order valence-electron chi connectivity index (χ2n) is 5.16. The van der Waals surface area contributed by atoms with Gasteiger partial charge in [-0.25, -0.2) is 0 Å². The molecule has 1 N–H and O–H groups in total. The van der Waals surface area contributed by atoms with Gasteiger partial charge in [-0.1, -0.05) is 58.8 Å². The van der Waals surface area contributed by atoms with E-state index in [1.54, 1.807) is 6.92 Å². The Labute approximate surface area is 108 Å². The molecule has 0 rings (SSSR count). The van der Waals surface area contributed by atoms with Gasteiger partial charge in [0.15, 0.2) is 0 Å². The van der Waals surface area contributed by atoms with Crippen molar-refractivity contribution in [3.8, 4) is 0 Å². The normalized spacial score (nSPS) is 12.6. The Morgan fingerprint density at radius 3 is 2.29 bits per heavy atom. The van der Waals surface area contributed by atoms with Crippen molar-refractivity contribution in [2.24, 2.45) is 5.92 Å². The predicted octanol–water partition coefficient (Wildman–Crippen LogP) is 3.94. The van der Waals surface area contributed by atoms with Gasteiger partial charge in [-0.2, -0.15) is 0 Å². The average molecular weight is 241 g/mol. The molecule has 0 saturated heterocycles. The van der Waals surface area contributed by atoms with Crippen LogP contribution in [-0.2, 0) is 4.79 Å². The van der Waals surface area contributed by atoms with Gasteiger partial charge in [0.05, 0.1) is 6.54 Å². The molecule has 2 heteroatoms. The molecular formula is C15H31NO. The summed E-state index contributed by atoms with van der Waals surface area (Å²) in [4.78, 5) is 10.8. The fourth-order valence-electron chi connectivity index (χ4n) is 2.12. The molecule has 0 fully saturated rings. The number of Topliss-reactive ketones (excluding diaryl/α,β-unsaturated/α-hetero) is 1. The minimum Gasteiger partial charge on any atom is -0.310 e. The van der Waals surface area contributed by atoms with Crippen LogP contribution in [0.15, 0.2) is 0 Å². The van der Waals surface area contributed by atoms with Crippen LogP contribution in [0.1, 0.15) is 72.1 Å². The van der Waals surface area contributed by atoms with Crippen molar-refractivity contribution in [2.75, 3.05) is 13.1 Å². The highest BCUT2D eigenvalue weighted by molar-refractivity contribution is 5.77. The molecule has 0 aromatic rings. The molecule has 0 spiro atoms. The van der Waals surface area contributed by atoms with Crippen molar-refractivity contribution in [3.63, 3.8) is 0 Å². The summed E-state index contributed by atoms with van der Waals surface area (Å²) in [6.07, 6.45) is 10.8. The molecule has 0 aliphatic carbocycles. The van der Waals surface area contributed by atoms with E-state index in [9.17, 15) is 4.79 Å². The first kappa shape index (κ1) is 16.6. The lowest BCUT2D eigenvalue weighted by molar-refractivity contribution is -0.116. The first-order valence-corrected chi connectivity index (χ1v) is 7.40. The Morgan fingerprint density at radius 1 is 1.06 bits per heavy atom. The van der Waals surface area contributed by atoms with E-state index in [0.717, 1.165) is 12.5 Å². The highest BCUT2D eigenvalue weighted by atomic mass is 16.1. The van der Waals surface area contributed by atoms with E-state index in [1.807, 2.05) is 0 Å². The largest absolute Gasteiger partial charge is 0.310 e. The summed E-state index contributed by atoms with van der Waals surface area (Å²) in [6.45, 7) is 7.69. The third-order valence-electron chi connectivity index (χ3n) is 3.35. The van der Waals surface area contributed by atoms with Crippen LogP contribution in [0.5, 0.6) is 0 Å². The van der Waals surface area contributed by atoms with Crippen LogP contribution in [0.2, 0.25) is 0 Å². The SMILES string of the molecule is CCCCCCCCC(CC)CNCC(C)=O. The molecule has 1 atom stereocenters. The fourth-order valence-corrected chi connectivity index (χ4v) is 2.12. The van der Waals surface area contributed by atoms with Crippen LogP contribution in [0.25, 0.3) is 0 Å². The molecule has 0 aliphatic heterocycles. The van der Waals surface area contributed by atoms with Crippen molar-refractivity contribution >= 4 is 5.78 Å². The fraction of sp³-hybridized carbons (Fsp3) is 0.933. The van der Waals surface area contributed by atoms with Crippen LogP contribution in [0.3, 0.4) is 0 Å². The number of carbonyl (C=O) groups excluding carboxylic acids is 1. The summed E-state index contributed by atoms with van der Waals surface area (Å²) in [5.41, 5.74) is 0. The van der Waals surface area contributed by atoms with Crippen molar-refractivity contribution < 1.29 is 4.79 Å². The maximum absolute atomic E-state index is 10.8. The number of nitrogens with one attached hydrogen (secondary N) is 1. The molecule has 0 saturated carbocycles. The lowest BCUT2D eigenvalue weighted by Crippen LogP contribution is -2.27. The van der Waals surface area contributed by atoms with Gasteiger partial charge in [0.2, 0.25) is 0 Å². The monoisotopic (exact) mass is 241 g/mol. The van der Waals surface area contributed by atoms with Gasteiger partial charge in [-0.15, -0.1) is 0 Å². The second-order valence-corrected chi connectivity index (χ2v) is 5.16. The molecule has 1 unspecified atom stereocenters. The smallest absolute Gasteiger partial charge is 0.143 e. The van der Waals surface area contributed by atoms with E-state index in [1.165, 1.54) is 51.4 Å². The Morgan fingerprint density at radius 2 is 1.71 bits per heavy atom. The molecule has 0 aromatic heterocycles. The van der Waals surface area contributed by atoms with Gasteiger partial charge >= 0.3 is 0 Å². The third kappa shape index (κ3) is 11.9. The zero-order valence-electron chi connectivity index (χ0n) is 12.1. The maximum Gasteiger partial charge on any atom is 0.143 e. The Balaban J connectivity index is 3.38. The summed E-state index contributed by atoms with van der Waals surface area (Å²) in [6, 6.07) is 0. The van der Waals surface area contributed by atoms with Crippen molar-refractivity contribution in [3.05, 3.63) is 0 Å². The first-order valence-electron chi connectivity index (χ1n) is 7.40. The van der Waals surface area contributed by atoms with Gasteiger partial charge in [0.1, 0.15) is 5.78 Å². The number of unbranched alkanes of at least 4 members (excludes halogenated alkanes) is 5. The predicted molar refractivity (Wildman–Crippen MR) is 75.3 cm³/mol. The van der Waals surface area contributed by atoms with Gasteiger partial charge in [-0.3, -0.25) is 4.79 Å². The molecule has 0 aromatic carbocycles. The van der Waals surface area contributed by atoms with E-state index in [0.29, 0.717) is 6.54 Å². The van der Waals surface area contributed by atoms with Gasteiger partial charge in [-0.05, 0) is 25.8 Å². The van der Waals surface area contributed by atoms with E-state index in [4.69, 9.17) is 0 Å². The Bertz CT molecular complexity index is 180. The highest BCUT2D eigenvalue weighted by Gasteiger charge is 2.05. The van der Waals surface area contributed by atoms with Crippen molar-refractivity contribution in [1.29, 1.82) is 0 Å². The minimum atomic E-state index is 0.236. The minimum absolute atomic E-state index is 0.236. The van der Waals surface area contributed by atoms with E-state index < -0.39 is 0 Å². The number of rotatable bonds is 12. The van der Waals surface area contributed by atoms with E-state index in [-0.39, 0.29) is 5.78 Å². The zero-order valence-corrected chi connectivity index (χ0v) is 12.1. The summed E-state index contributed by atoms with van der Waals surface area (Å²) in [5, 5.41) is 3.25. The molecular weight excluding hydrogens is 210 g/mol. The van der Waals surface area contributed by atoms with Crippen LogP contribution in [-0.4, -0.2) is 18.9 Å². The quantitative estimate of drug-likeness (QED) is 0.524.